The first-order valence-electron chi connectivity index (χ1n) is 7.47. The number of hydrogen-bond acceptors (Lipinski definition) is 6. The highest BCUT2D eigenvalue weighted by atomic mass is 16.6. The third-order valence-electron chi connectivity index (χ3n) is 4.42. The molecule has 1 aromatic carbocycles. The van der Waals surface area contributed by atoms with Crippen LogP contribution in [0.4, 0.5) is 0 Å². The molecule has 2 heterocycles. The molecule has 3 N–H and O–H groups in total. The van der Waals surface area contributed by atoms with Crippen LogP contribution >= 0.6 is 0 Å². The first-order valence-corrected chi connectivity index (χ1v) is 7.47. The van der Waals surface area contributed by atoms with E-state index in [0.717, 1.165) is 11.1 Å². The Morgan fingerprint density at radius 2 is 1.78 bits per heavy atom. The molecule has 7 nitrogen and oxygen atoms in total. The van der Waals surface area contributed by atoms with Gasteiger partial charge in [0.2, 0.25) is 0 Å². The summed E-state index contributed by atoms with van der Waals surface area (Å²) < 4.78 is 6.64. The summed E-state index contributed by atoms with van der Waals surface area (Å²) in [7, 11) is 0. The van der Waals surface area contributed by atoms with Crippen molar-refractivity contribution < 1.29 is 20.1 Å². The molecule has 0 aliphatic carbocycles. The molecule has 0 saturated carbocycles. The van der Waals surface area contributed by atoms with Crippen molar-refractivity contribution in [2.75, 3.05) is 0 Å². The molecule has 124 valence electrons. The van der Waals surface area contributed by atoms with Crippen LogP contribution in [0.3, 0.4) is 0 Å². The molecule has 1 fully saturated rings. The van der Waals surface area contributed by atoms with Crippen molar-refractivity contribution >= 4 is 11.0 Å². The molecule has 0 amide bonds. The van der Waals surface area contributed by atoms with Gasteiger partial charge in [0, 0.05) is 0 Å². The van der Waals surface area contributed by atoms with E-state index in [1.54, 1.807) is 6.92 Å². The minimum atomic E-state index is -1.45. The fourth-order valence-electron chi connectivity index (χ4n) is 2.87. The van der Waals surface area contributed by atoms with Crippen LogP contribution in [0.15, 0.2) is 16.9 Å². The van der Waals surface area contributed by atoms with Gasteiger partial charge in [0.1, 0.15) is 24.0 Å². The molecule has 1 aromatic heterocycles. The van der Waals surface area contributed by atoms with Crippen LogP contribution < -0.4 is 5.56 Å². The molecule has 1 aliphatic rings. The molecule has 0 bridgehead atoms. The summed E-state index contributed by atoms with van der Waals surface area (Å²) in [6, 6.07) is 3.77. The number of rotatable bonds is 2. The van der Waals surface area contributed by atoms with Crippen molar-refractivity contribution in [1.82, 2.24) is 9.55 Å². The average Bonchev–Trinajstić information content (AvgIpc) is 2.73. The van der Waals surface area contributed by atoms with E-state index in [0.29, 0.717) is 16.7 Å². The van der Waals surface area contributed by atoms with E-state index in [1.165, 1.54) is 4.57 Å². The summed E-state index contributed by atoms with van der Waals surface area (Å²) in [6.07, 6.45) is -4.96. The van der Waals surface area contributed by atoms with Crippen molar-refractivity contribution in [2.24, 2.45) is 0 Å². The number of benzene rings is 1. The van der Waals surface area contributed by atoms with Gasteiger partial charge in [0.25, 0.3) is 5.56 Å². The van der Waals surface area contributed by atoms with Crippen molar-refractivity contribution in [3.05, 3.63) is 39.3 Å². The Labute approximate surface area is 132 Å². The molecule has 3 rings (SSSR count). The van der Waals surface area contributed by atoms with Gasteiger partial charge in [-0.1, -0.05) is 0 Å². The first kappa shape index (κ1) is 16.1. The quantitative estimate of drug-likeness (QED) is 0.705. The second kappa shape index (κ2) is 5.68. The second-order valence-electron chi connectivity index (χ2n) is 6.08. The van der Waals surface area contributed by atoms with Crippen LogP contribution in [-0.4, -0.2) is 49.5 Å². The van der Waals surface area contributed by atoms with Crippen LogP contribution in [0, 0.1) is 20.8 Å². The summed E-state index contributed by atoms with van der Waals surface area (Å²) in [4.78, 5) is 16.8. The van der Waals surface area contributed by atoms with Gasteiger partial charge in [-0.05, 0) is 44.0 Å². The zero-order valence-electron chi connectivity index (χ0n) is 13.2. The Morgan fingerprint density at radius 1 is 1.13 bits per heavy atom. The molecule has 0 spiro atoms. The minimum absolute atomic E-state index is 0.0243. The van der Waals surface area contributed by atoms with Gasteiger partial charge >= 0.3 is 0 Å². The van der Waals surface area contributed by atoms with Crippen LogP contribution in [0.5, 0.6) is 0 Å². The van der Waals surface area contributed by atoms with Gasteiger partial charge in [0.15, 0.2) is 6.29 Å². The van der Waals surface area contributed by atoms with E-state index in [2.05, 4.69) is 4.98 Å². The van der Waals surface area contributed by atoms with Gasteiger partial charge in [-0.25, -0.2) is 4.98 Å². The van der Waals surface area contributed by atoms with E-state index >= 15 is 0 Å². The summed E-state index contributed by atoms with van der Waals surface area (Å²) >= 11 is 0. The highest BCUT2D eigenvalue weighted by molar-refractivity contribution is 5.77. The summed E-state index contributed by atoms with van der Waals surface area (Å²) in [5, 5.41) is 29.1. The monoisotopic (exact) mass is 320 g/mol. The van der Waals surface area contributed by atoms with Crippen molar-refractivity contribution in [2.45, 2.75) is 51.9 Å². The lowest BCUT2D eigenvalue weighted by molar-refractivity contribution is -0.128. The smallest absolute Gasteiger partial charge is 0.272 e. The number of aryl methyl sites for hydroxylation is 3. The minimum Gasteiger partial charge on any atom is -0.387 e. The molecular formula is C16H20N2O5. The summed E-state index contributed by atoms with van der Waals surface area (Å²) in [5.41, 5.74) is 3.46. The van der Waals surface area contributed by atoms with E-state index in [-0.39, 0.29) is 12.1 Å². The van der Waals surface area contributed by atoms with Crippen molar-refractivity contribution in [3.8, 4) is 0 Å². The van der Waals surface area contributed by atoms with E-state index < -0.39 is 24.6 Å². The highest BCUT2D eigenvalue weighted by Gasteiger charge is 2.42. The Bertz CT molecular complexity index is 816. The molecule has 1 saturated heterocycles. The highest BCUT2D eigenvalue weighted by Crippen LogP contribution is 2.23. The molecule has 23 heavy (non-hydrogen) atoms. The third-order valence-corrected chi connectivity index (χ3v) is 4.42. The maximum absolute atomic E-state index is 12.5. The summed E-state index contributed by atoms with van der Waals surface area (Å²) in [5.74, 6) is 0. The number of hydrogen-bond donors (Lipinski definition) is 3. The lowest BCUT2D eigenvalue weighted by Crippen LogP contribution is -2.37. The fourth-order valence-corrected chi connectivity index (χ4v) is 2.87. The molecular weight excluding hydrogens is 300 g/mol. The standard InChI is InChI=1S/C16H20N2O5/c1-7-4-10-11(5-8(7)2)18(15(21)9(3)17-10)6-12-13(19)14(20)16(22)23-12/h4-5,12-14,16,19-20,22H,6H2,1-3H3/t12-,13-,14-,16-/m1/s1. The number of aromatic nitrogens is 2. The maximum Gasteiger partial charge on any atom is 0.272 e. The first-order chi connectivity index (χ1) is 10.8. The molecule has 4 atom stereocenters. The van der Waals surface area contributed by atoms with E-state index in [9.17, 15) is 20.1 Å². The zero-order valence-corrected chi connectivity index (χ0v) is 13.2. The van der Waals surface area contributed by atoms with Crippen LogP contribution in [0.1, 0.15) is 16.8 Å². The van der Waals surface area contributed by atoms with Crippen LogP contribution in [-0.2, 0) is 11.3 Å². The SMILES string of the molecule is Cc1cc2nc(C)c(=O)n(C[C@H]3O[C@@H](O)[C@H](O)[C@@H]3O)c2cc1C. The molecule has 7 heteroatoms. The third kappa shape index (κ3) is 2.66. The number of nitrogens with zero attached hydrogens (tertiary/aromatic N) is 2. The van der Waals surface area contributed by atoms with Gasteiger partial charge in [-0.2, -0.15) is 0 Å². The summed E-state index contributed by atoms with van der Waals surface area (Å²) in [6.45, 7) is 5.56. The Morgan fingerprint density at radius 3 is 2.39 bits per heavy atom. The molecule has 1 aliphatic heterocycles. The normalized spacial score (nSPS) is 27.7. The molecule has 0 radical (unpaired) electrons. The number of fused-ring (bicyclic) bond motifs is 1. The number of aliphatic hydroxyl groups excluding tert-OH is 3. The molecule has 0 unspecified atom stereocenters. The predicted octanol–water partition coefficient (Wildman–Crippen LogP) is -0.239. The van der Waals surface area contributed by atoms with Gasteiger partial charge < -0.3 is 24.6 Å². The van der Waals surface area contributed by atoms with Gasteiger partial charge in [-0.15, -0.1) is 0 Å². The average molecular weight is 320 g/mol. The Hall–Kier alpha value is -1.80. The number of aliphatic hydroxyl groups is 3. The van der Waals surface area contributed by atoms with Crippen molar-refractivity contribution in [1.29, 1.82) is 0 Å². The zero-order chi connectivity index (χ0) is 16.9. The topological polar surface area (TPSA) is 105 Å². The fraction of sp³-hybridized carbons (Fsp3) is 0.500. The predicted molar refractivity (Wildman–Crippen MR) is 83.1 cm³/mol. The van der Waals surface area contributed by atoms with Gasteiger partial charge in [0.05, 0.1) is 17.6 Å². The largest absolute Gasteiger partial charge is 0.387 e. The lowest BCUT2D eigenvalue weighted by atomic mass is 10.1. The van der Waals surface area contributed by atoms with Crippen molar-refractivity contribution in [3.63, 3.8) is 0 Å². The Kier molecular flexibility index (Phi) is 3.97. The second-order valence-corrected chi connectivity index (χ2v) is 6.08. The van der Waals surface area contributed by atoms with Crippen LogP contribution in [0.25, 0.3) is 11.0 Å². The maximum atomic E-state index is 12.5. The van der Waals surface area contributed by atoms with Crippen LogP contribution in [0.2, 0.25) is 0 Å². The van der Waals surface area contributed by atoms with E-state index in [1.807, 2.05) is 26.0 Å². The number of ether oxygens (including phenoxy) is 1. The van der Waals surface area contributed by atoms with Gasteiger partial charge in [-0.3, -0.25) is 4.79 Å². The molecule has 2 aromatic rings. The Balaban J connectivity index is 2.11. The lowest BCUT2D eigenvalue weighted by Gasteiger charge is -2.18. The van der Waals surface area contributed by atoms with E-state index in [4.69, 9.17) is 4.74 Å².